The van der Waals surface area contributed by atoms with Gasteiger partial charge in [-0.2, -0.15) is 0 Å². The van der Waals surface area contributed by atoms with E-state index in [9.17, 15) is 14.0 Å². The van der Waals surface area contributed by atoms with Crippen molar-refractivity contribution < 1.29 is 14.0 Å². The molecule has 2 aromatic rings. The minimum atomic E-state index is -0.249. The van der Waals surface area contributed by atoms with Crippen molar-refractivity contribution in [3.8, 4) is 0 Å². The second kappa shape index (κ2) is 8.32. The molecule has 3 rings (SSSR count). The minimum Gasteiger partial charge on any atom is -0.366 e. The second-order valence-electron chi connectivity index (χ2n) is 6.25. The van der Waals surface area contributed by atoms with Gasteiger partial charge in [0.1, 0.15) is 5.82 Å². The lowest BCUT2D eigenvalue weighted by molar-refractivity contribution is -0.131. The van der Waals surface area contributed by atoms with Crippen molar-refractivity contribution in [2.75, 3.05) is 31.1 Å². The van der Waals surface area contributed by atoms with Gasteiger partial charge < -0.3 is 9.80 Å². The van der Waals surface area contributed by atoms with Gasteiger partial charge in [0.15, 0.2) is 5.78 Å². The van der Waals surface area contributed by atoms with Crippen LogP contribution in [0, 0.1) is 5.82 Å². The average Bonchev–Trinajstić information content (AvgIpc) is 2.67. The maximum Gasteiger partial charge on any atom is 0.223 e. The highest BCUT2D eigenvalue weighted by Crippen LogP contribution is 2.20. The normalized spacial score (nSPS) is 14.4. The largest absolute Gasteiger partial charge is 0.366 e. The van der Waals surface area contributed by atoms with E-state index >= 15 is 0 Å². The van der Waals surface area contributed by atoms with Crippen LogP contribution < -0.4 is 4.90 Å². The molecule has 2 aromatic carbocycles. The summed E-state index contributed by atoms with van der Waals surface area (Å²) in [5.74, 6) is -0.360. The van der Waals surface area contributed by atoms with Gasteiger partial charge >= 0.3 is 0 Å². The molecule has 6 heteroatoms. The number of para-hydroxylation sites is 1. The van der Waals surface area contributed by atoms with E-state index in [0.717, 1.165) is 0 Å². The van der Waals surface area contributed by atoms with Crippen LogP contribution in [0.2, 0.25) is 5.02 Å². The number of Topliss-reactive ketones (excluding diaryl/α,β-unsaturated/α-hetero) is 1. The van der Waals surface area contributed by atoms with Crippen LogP contribution in [0.25, 0.3) is 0 Å². The lowest BCUT2D eigenvalue weighted by atomic mass is 10.1. The third-order valence-electron chi connectivity index (χ3n) is 4.56. The lowest BCUT2D eigenvalue weighted by Crippen LogP contribution is -2.49. The SMILES string of the molecule is O=C(CCC(=O)N1CCN(c2ccccc2F)CC1)c1ccc(Cl)cc1. The molecule has 0 bridgehead atoms. The Kier molecular flexibility index (Phi) is 5.89. The molecule has 136 valence electrons. The third-order valence-corrected chi connectivity index (χ3v) is 4.81. The number of halogens is 2. The highest BCUT2D eigenvalue weighted by molar-refractivity contribution is 6.30. The number of benzene rings is 2. The van der Waals surface area contributed by atoms with Gasteiger partial charge in [-0.3, -0.25) is 9.59 Å². The number of hydrogen-bond acceptors (Lipinski definition) is 3. The van der Waals surface area contributed by atoms with Crippen LogP contribution >= 0.6 is 11.6 Å². The summed E-state index contributed by atoms with van der Waals surface area (Å²) in [4.78, 5) is 28.2. The van der Waals surface area contributed by atoms with E-state index in [1.807, 2.05) is 4.90 Å². The van der Waals surface area contributed by atoms with E-state index in [4.69, 9.17) is 11.6 Å². The second-order valence-corrected chi connectivity index (χ2v) is 6.69. The van der Waals surface area contributed by atoms with Crippen LogP contribution in [-0.2, 0) is 4.79 Å². The zero-order valence-corrected chi connectivity index (χ0v) is 15.1. The predicted molar refractivity (Wildman–Crippen MR) is 100 cm³/mol. The Hall–Kier alpha value is -2.40. The molecule has 0 saturated carbocycles. The van der Waals surface area contributed by atoms with E-state index in [1.54, 1.807) is 47.4 Å². The molecule has 1 saturated heterocycles. The standard InChI is InChI=1S/C20H20ClFN2O2/c21-16-7-5-15(6-8-16)19(25)9-10-20(26)24-13-11-23(12-14-24)18-4-2-1-3-17(18)22/h1-8H,9-14H2. The predicted octanol–water partition coefficient (Wildman–Crippen LogP) is 3.79. The molecule has 0 atom stereocenters. The number of amides is 1. The topological polar surface area (TPSA) is 40.6 Å². The van der Waals surface area contributed by atoms with Crippen LogP contribution in [0.3, 0.4) is 0 Å². The van der Waals surface area contributed by atoms with Crippen LogP contribution in [0.15, 0.2) is 48.5 Å². The highest BCUT2D eigenvalue weighted by atomic mass is 35.5. The van der Waals surface area contributed by atoms with Gasteiger partial charge in [0.25, 0.3) is 0 Å². The molecular weight excluding hydrogens is 355 g/mol. The average molecular weight is 375 g/mol. The summed E-state index contributed by atoms with van der Waals surface area (Å²) < 4.78 is 13.9. The Bertz CT molecular complexity index is 787. The molecule has 0 aliphatic carbocycles. The Morgan fingerprint density at radius 1 is 0.923 bits per heavy atom. The molecule has 26 heavy (non-hydrogen) atoms. The van der Waals surface area contributed by atoms with Crippen molar-refractivity contribution in [3.05, 3.63) is 64.9 Å². The quantitative estimate of drug-likeness (QED) is 0.747. The van der Waals surface area contributed by atoms with Crippen LogP contribution in [-0.4, -0.2) is 42.8 Å². The van der Waals surface area contributed by atoms with Gasteiger partial charge in [0.05, 0.1) is 5.69 Å². The fourth-order valence-electron chi connectivity index (χ4n) is 3.06. The zero-order chi connectivity index (χ0) is 18.5. The molecule has 0 N–H and O–H groups in total. The first-order valence-corrected chi connectivity index (χ1v) is 8.98. The number of nitrogens with zero attached hydrogens (tertiary/aromatic N) is 2. The minimum absolute atomic E-state index is 0.0412. The first-order chi connectivity index (χ1) is 12.5. The summed E-state index contributed by atoms with van der Waals surface area (Å²) in [6.45, 7) is 2.22. The van der Waals surface area contributed by atoms with Crippen molar-refractivity contribution in [2.24, 2.45) is 0 Å². The maximum atomic E-state index is 13.9. The van der Waals surface area contributed by atoms with Crippen molar-refractivity contribution >= 4 is 29.0 Å². The number of piperazine rings is 1. The summed E-state index contributed by atoms with van der Waals surface area (Å²) in [5.41, 5.74) is 1.13. The summed E-state index contributed by atoms with van der Waals surface area (Å²) >= 11 is 5.81. The fourth-order valence-corrected chi connectivity index (χ4v) is 3.19. The van der Waals surface area contributed by atoms with Crippen molar-refractivity contribution in [2.45, 2.75) is 12.8 Å². The number of ketones is 1. The van der Waals surface area contributed by atoms with E-state index in [0.29, 0.717) is 42.5 Å². The number of hydrogen-bond donors (Lipinski definition) is 0. The van der Waals surface area contributed by atoms with Crippen molar-refractivity contribution in [1.82, 2.24) is 4.90 Å². The van der Waals surface area contributed by atoms with Gasteiger partial charge in [-0.1, -0.05) is 23.7 Å². The molecule has 0 unspecified atom stereocenters. The zero-order valence-electron chi connectivity index (χ0n) is 14.3. The molecule has 0 aromatic heterocycles. The van der Waals surface area contributed by atoms with Gasteiger partial charge in [-0.15, -0.1) is 0 Å². The van der Waals surface area contributed by atoms with E-state index in [-0.39, 0.29) is 30.3 Å². The highest BCUT2D eigenvalue weighted by Gasteiger charge is 2.23. The molecule has 1 aliphatic rings. The monoisotopic (exact) mass is 374 g/mol. The Labute approximate surface area is 157 Å². The van der Waals surface area contributed by atoms with E-state index in [2.05, 4.69) is 0 Å². The first-order valence-electron chi connectivity index (χ1n) is 8.60. The molecule has 1 aliphatic heterocycles. The van der Waals surface area contributed by atoms with E-state index < -0.39 is 0 Å². The molecule has 0 radical (unpaired) electrons. The van der Waals surface area contributed by atoms with Gasteiger partial charge in [0, 0.05) is 49.6 Å². The lowest BCUT2D eigenvalue weighted by Gasteiger charge is -2.36. The Morgan fingerprint density at radius 3 is 2.23 bits per heavy atom. The van der Waals surface area contributed by atoms with Gasteiger partial charge in [-0.05, 0) is 36.4 Å². The van der Waals surface area contributed by atoms with Gasteiger partial charge in [0.2, 0.25) is 5.91 Å². The van der Waals surface area contributed by atoms with Gasteiger partial charge in [-0.25, -0.2) is 4.39 Å². The molecule has 4 nitrogen and oxygen atoms in total. The summed E-state index contributed by atoms with van der Waals surface area (Å²) in [6.07, 6.45) is 0.356. The maximum absolute atomic E-state index is 13.9. The van der Waals surface area contributed by atoms with Crippen LogP contribution in [0.1, 0.15) is 23.2 Å². The number of carbonyl (C=O) groups is 2. The number of anilines is 1. The Balaban J connectivity index is 1.48. The smallest absolute Gasteiger partial charge is 0.223 e. The van der Waals surface area contributed by atoms with Crippen LogP contribution in [0.5, 0.6) is 0 Å². The molecular formula is C20H20ClFN2O2. The molecule has 1 heterocycles. The summed E-state index contributed by atoms with van der Waals surface area (Å²) in [6, 6.07) is 13.3. The Morgan fingerprint density at radius 2 is 1.58 bits per heavy atom. The number of carbonyl (C=O) groups excluding carboxylic acids is 2. The number of rotatable bonds is 5. The summed E-state index contributed by atoms with van der Waals surface area (Å²) in [7, 11) is 0. The van der Waals surface area contributed by atoms with E-state index in [1.165, 1.54) is 6.07 Å². The molecule has 1 fully saturated rings. The fraction of sp³-hybridized carbons (Fsp3) is 0.300. The molecule has 1 amide bonds. The summed E-state index contributed by atoms with van der Waals surface area (Å²) in [5, 5.41) is 0.574. The first kappa shape index (κ1) is 18.4. The molecule has 0 spiro atoms. The van der Waals surface area contributed by atoms with Crippen molar-refractivity contribution in [3.63, 3.8) is 0 Å². The van der Waals surface area contributed by atoms with Crippen LogP contribution in [0.4, 0.5) is 10.1 Å². The third kappa shape index (κ3) is 4.41. The van der Waals surface area contributed by atoms with Crippen molar-refractivity contribution in [1.29, 1.82) is 0 Å².